The first-order chi connectivity index (χ1) is 7.90. The second-order valence-electron chi connectivity index (χ2n) is 5.69. The number of hydrogen-bond donors (Lipinski definition) is 1. The van der Waals surface area contributed by atoms with Crippen molar-refractivity contribution in [1.82, 2.24) is 4.90 Å². The monoisotopic (exact) mass is 222 g/mol. The summed E-state index contributed by atoms with van der Waals surface area (Å²) in [7, 11) is 0. The predicted octanol–water partition coefficient (Wildman–Crippen LogP) is 2.49. The summed E-state index contributed by atoms with van der Waals surface area (Å²) in [4.78, 5) is 2.60. The van der Waals surface area contributed by atoms with Crippen LogP contribution in [0.25, 0.3) is 0 Å². The first kappa shape index (κ1) is 10.6. The van der Waals surface area contributed by atoms with Crippen LogP contribution in [0.3, 0.4) is 0 Å². The van der Waals surface area contributed by atoms with Crippen molar-refractivity contribution in [2.24, 2.45) is 17.0 Å². The van der Waals surface area contributed by atoms with Crippen LogP contribution in [-0.4, -0.2) is 35.0 Å². The molecule has 3 heteroatoms. The summed E-state index contributed by atoms with van der Waals surface area (Å²) in [5.41, 5.74) is 1.11. The third-order valence-corrected chi connectivity index (χ3v) is 4.79. The summed E-state index contributed by atoms with van der Waals surface area (Å²) < 4.78 is 0. The lowest BCUT2D eigenvalue weighted by Crippen LogP contribution is -2.45. The Hall–Kier alpha value is -0.570. The zero-order valence-corrected chi connectivity index (χ0v) is 9.94. The van der Waals surface area contributed by atoms with Crippen LogP contribution in [0.4, 0.5) is 0 Å². The van der Waals surface area contributed by atoms with Crippen molar-refractivity contribution >= 4 is 5.71 Å². The molecule has 3 atom stereocenters. The first-order valence-electron chi connectivity index (χ1n) is 6.86. The molecule has 3 nitrogen and oxygen atoms in total. The maximum Gasteiger partial charge on any atom is 0.0775 e. The lowest BCUT2D eigenvalue weighted by Gasteiger charge is -2.33. The Morgan fingerprint density at radius 2 is 1.81 bits per heavy atom. The highest BCUT2D eigenvalue weighted by atomic mass is 16.4. The van der Waals surface area contributed by atoms with Crippen molar-refractivity contribution in [3.8, 4) is 0 Å². The SMILES string of the molecule is ON=C1C2CCC(C2)C1N1CCCCCC1. The summed E-state index contributed by atoms with van der Waals surface area (Å²) in [5, 5.41) is 12.9. The molecular weight excluding hydrogens is 200 g/mol. The largest absolute Gasteiger partial charge is 0.411 e. The van der Waals surface area contributed by atoms with E-state index in [1.807, 2.05) is 0 Å². The van der Waals surface area contributed by atoms with Gasteiger partial charge in [-0.25, -0.2) is 0 Å². The molecule has 3 aliphatic rings. The Labute approximate surface area is 97.5 Å². The van der Waals surface area contributed by atoms with E-state index in [-0.39, 0.29) is 0 Å². The van der Waals surface area contributed by atoms with Crippen LogP contribution in [0.15, 0.2) is 5.16 Å². The van der Waals surface area contributed by atoms with Crippen molar-refractivity contribution in [2.75, 3.05) is 13.1 Å². The van der Waals surface area contributed by atoms with Crippen molar-refractivity contribution in [1.29, 1.82) is 0 Å². The molecule has 2 saturated carbocycles. The molecule has 0 spiro atoms. The van der Waals surface area contributed by atoms with Crippen molar-refractivity contribution in [2.45, 2.75) is 51.0 Å². The van der Waals surface area contributed by atoms with Gasteiger partial charge < -0.3 is 5.21 Å². The Balaban J connectivity index is 1.77. The molecule has 3 rings (SSSR count). The van der Waals surface area contributed by atoms with Gasteiger partial charge in [-0.05, 0) is 51.1 Å². The van der Waals surface area contributed by atoms with Gasteiger partial charge in [0.25, 0.3) is 0 Å². The molecule has 1 N–H and O–H groups in total. The van der Waals surface area contributed by atoms with Crippen LogP contribution >= 0.6 is 0 Å². The standard InChI is InChI=1S/C13H22N2O/c16-14-12-10-5-6-11(9-10)13(12)15-7-3-1-2-4-8-15/h10-11,13,16H,1-9H2. The van der Waals surface area contributed by atoms with E-state index in [0.717, 1.165) is 11.6 Å². The molecule has 0 radical (unpaired) electrons. The molecule has 3 fully saturated rings. The summed E-state index contributed by atoms with van der Waals surface area (Å²) in [5.74, 6) is 1.39. The van der Waals surface area contributed by atoms with Gasteiger partial charge >= 0.3 is 0 Å². The lowest BCUT2D eigenvalue weighted by atomic mass is 9.92. The molecule has 2 aliphatic carbocycles. The summed E-state index contributed by atoms with van der Waals surface area (Å²) >= 11 is 0. The molecule has 0 aromatic rings. The smallest absolute Gasteiger partial charge is 0.0775 e. The minimum atomic E-state index is 0.488. The molecule has 0 aromatic carbocycles. The molecule has 90 valence electrons. The van der Waals surface area contributed by atoms with Gasteiger partial charge in [0, 0.05) is 5.92 Å². The Morgan fingerprint density at radius 1 is 1.06 bits per heavy atom. The molecule has 3 unspecified atom stereocenters. The van der Waals surface area contributed by atoms with Crippen molar-refractivity contribution in [3.05, 3.63) is 0 Å². The molecular formula is C13H22N2O. The quantitative estimate of drug-likeness (QED) is 0.546. The van der Waals surface area contributed by atoms with E-state index in [2.05, 4.69) is 10.1 Å². The van der Waals surface area contributed by atoms with Gasteiger partial charge in [0.05, 0.1) is 11.8 Å². The fourth-order valence-electron chi connectivity index (χ4n) is 4.05. The number of likely N-dealkylation sites (tertiary alicyclic amines) is 1. The van der Waals surface area contributed by atoms with Gasteiger partial charge in [0.15, 0.2) is 0 Å². The molecule has 1 aliphatic heterocycles. The predicted molar refractivity (Wildman–Crippen MR) is 63.9 cm³/mol. The van der Waals surface area contributed by atoms with E-state index >= 15 is 0 Å². The van der Waals surface area contributed by atoms with Gasteiger partial charge in [-0.15, -0.1) is 0 Å². The van der Waals surface area contributed by atoms with Crippen LogP contribution in [0.2, 0.25) is 0 Å². The normalized spacial score (nSPS) is 42.8. The zero-order valence-electron chi connectivity index (χ0n) is 9.94. The fourth-order valence-corrected chi connectivity index (χ4v) is 4.05. The molecule has 0 amide bonds. The van der Waals surface area contributed by atoms with Gasteiger partial charge in [-0.1, -0.05) is 18.0 Å². The Morgan fingerprint density at radius 3 is 2.50 bits per heavy atom. The number of hydrogen-bond acceptors (Lipinski definition) is 3. The van der Waals surface area contributed by atoms with E-state index in [1.54, 1.807) is 0 Å². The maximum absolute atomic E-state index is 9.22. The zero-order chi connectivity index (χ0) is 11.0. The molecule has 16 heavy (non-hydrogen) atoms. The van der Waals surface area contributed by atoms with E-state index in [0.29, 0.717) is 12.0 Å². The highest BCUT2D eigenvalue weighted by Crippen LogP contribution is 2.45. The fraction of sp³-hybridized carbons (Fsp3) is 0.923. The van der Waals surface area contributed by atoms with Crippen LogP contribution in [-0.2, 0) is 0 Å². The lowest BCUT2D eigenvalue weighted by molar-refractivity contribution is 0.197. The van der Waals surface area contributed by atoms with Crippen LogP contribution in [0.1, 0.15) is 44.9 Å². The number of oxime groups is 1. The third kappa shape index (κ3) is 1.65. The average Bonchev–Trinajstić information content (AvgIpc) is 2.80. The van der Waals surface area contributed by atoms with E-state index in [1.165, 1.54) is 58.0 Å². The van der Waals surface area contributed by atoms with E-state index in [4.69, 9.17) is 0 Å². The minimum Gasteiger partial charge on any atom is -0.411 e. The summed E-state index contributed by atoms with van der Waals surface area (Å²) in [6.07, 6.45) is 9.30. The topological polar surface area (TPSA) is 35.8 Å². The number of nitrogens with zero attached hydrogens (tertiary/aromatic N) is 2. The third-order valence-electron chi connectivity index (χ3n) is 4.79. The average molecular weight is 222 g/mol. The van der Waals surface area contributed by atoms with Gasteiger partial charge in [-0.3, -0.25) is 4.90 Å². The Kier molecular flexibility index (Phi) is 2.88. The summed E-state index contributed by atoms with van der Waals surface area (Å²) in [6.45, 7) is 2.43. The minimum absolute atomic E-state index is 0.488. The molecule has 2 bridgehead atoms. The van der Waals surface area contributed by atoms with E-state index in [9.17, 15) is 5.21 Å². The molecule has 1 heterocycles. The first-order valence-corrected chi connectivity index (χ1v) is 6.86. The van der Waals surface area contributed by atoms with Gasteiger partial charge in [-0.2, -0.15) is 0 Å². The Bertz CT molecular complexity index is 282. The second-order valence-corrected chi connectivity index (χ2v) is 5.69. The molecule has 1 saturated heterocycles. The highest BCUT2D eigenvalue weighted by Gasteiger charge is 2.47. The molecule has 0 aromatic heterocycles. The van der Waals surface area contributed by atoms with E-state index < -0.39 is 0 Å². The second kappa shape index (κ2) is 4.36. The van der Waals surface area contributed by atoms with Crippen molar-refractivity contribution in [3.63, 3.8) is 0 Å². The number of fused-ring (bicyclic) bond motifs is 2. The van der Waals surface area contributed by atoms with Crippen LogP contribution in [0.5, 0.6) is 0 Å². The van der Waals surface area contributed by atoms with Crippen LogP contribution < -0.4 is 0 Å². The highest BCUT2D eigenvalue weighted by molar-refractivity contribution is 5.94. The maximum atomic E-state index is 9.22. The summed E-state index contributed by atoms with van der Waals surface area (Å²) in [6, 6.07) is 0.488. The van der Waals surface area contributed by atoms with Crippen LogP contribution in [0, 0.1) is 11.8 Å². The van der Waals surface area contributed by atoms with Crippen molar-refractivity contribution < 1.29 is 5.21 Å². The van der Waals surface area contributed by atoms with Gasteiger partial charge in [0.1, 0.15) is 0 Å². The number of rotatable bonds is 1. The van der Waals surface area contributed by atoms with Gasteiger partial charge in [0.2, 0.25) is 0 Å².